The first-order valence-corrected chi connectivity index (χ1v) is 42.3. The van der Waals surface area contributed by atoms with Gasteiger partial charge in [-0.2, -0.15) is 0 Å². The van der Waals surface area contributed by atoms with Gasteiger partial charge in [-0.25, -0.2) is 0 Å². The van der Waals surface area contributed by atoms with Crippen LogP contribution in [-0.2, 0) is 32.5 Å². The molecule has 0 unspecified atom stereocenters. The minimum Gasteiger partial charge on any atom is -0.309 e. The molecule has 0 atom stereocenters. The SMILES string of the molecule is CC(C)(C)c1c(-c2ccccc2)ccc2c1c1ccccc1n2-c1ccccc1.CC(C)(C)c1cc(-c2ccc3c(c2C(C)(C)C)c2ccccc2n3-c2ccccc2)cc(C(C)(C)C)c1.CC(C)(C)c1cccc2c1c1ccccc1n2-c1ccccc1.[2H]c1c([2H])c(C)c([2H])c(-c2ccc3c(c2C(C)(C)C)c2ccccc2n3-c2ccccc2)c1[2H]. The second kappa shape index (κ2) is 31.4. The Bertz CT molecular complexity index is 7120. The Balaban J connectivity index is 0.000000123. The number of rotatable bonds is 7. The van der Waals surface area contributed by atoms with Gasteiger partial charge in [0, 0.05) is 65.8 Å². The van der Waals surface area contributed by atoms with Gasteiger partial charge in [0.15, 0.2) is 0 Å². The Labute approximate surface area is 711 Å². The second-order valence-electron chi connectivity index (χ2n) is 38.3. The summed E-state index contributed by atoms with van der Waals surface area (Å²) in [6.45, 7) is 43.0. The molecule has 0 saturated carbocycles. The molecule has 19 aromatic rings. The molecule has 0 saturated heterocycles. The lowest BCUT2D eigenvalue weighted by molar-refractivity contribution is 0.568. The minimum absolute atomic E-state index is 0.0102. The molecule has 119 heavy (non-hydrogen) atoms. The van der Waals surface area contributed by atoms with Gasteiger partial charge < -0.3 is 18.3 Å². The molecule has 594 valence electrons. The van der Waals surface area contributed by atoms with E-state index < -0.39 is 0 Å². The Kier molecular flexibility index (Phi) is 19.9. The molecule has 0 aliphatic heterocycles. The van der Waals surface area contributed by atoms with E-state index in [2.05, 4.69) is 428 Å². The van der Waals surface area contributed by atoms with Crippen LogP contribution in [-0.4, -0.2) is 18.3 Å². The van der Waals surface area contributed by atoms with E-state index in [1.807, 2.05) is 36.4 Å². The summed E-state index contributed by atoms with van der Waals surface area (Å²) in [6, 6.07) is 115. The smallest absolute Gasteiger partial charge is 0.0632 e. The molecular weight excluding hydrogens is 1440 g/mol. The zero-order valence-electron chi connectivity index (χ0n) is 76.9. The number of hydrogen-bond donors (Lipinski definition) is 0. The number of fused-ring (bicyclic) bond motifs is 12. The monoisotopic (exact) mass is 1550 g/mol. The van der Waals surface area contributed by atoms with E-state index in [4.69, 9.17) is 5.48 Å². The van der Waals surface area contributed by atoms with Gasteiger partial charge in [0.2, 0.25) is 0 Å². The lowest BCUT2D eigenvalue weighted by Gasteiger charge is -2.29. The molecule has 15 aromatic carbocycles. The molecule has 0 radical (unpaired) electrons. The van der Waals surface area contributed by atoms with Crippen molar-refractivity contribution in [3.63, 3.8) is 0 Å². The molecule has 4 nitrogen and oxygen atoms in total. The van der Waals surface area contributed by atoms with Gasteiger partial charge in [0.25, 0.3) is 0 Å². The average molecular weight is 1560 g/mol. The van der Waals surface area contributed by atoms with Crippen molar-refractivity contribution >= 4 is 87.2 Å². The highest BCUT2D eigenvalue weighted by Crippen LogP contribution is 2.49. The van der Waals surface area contributed by atoms with E-state index in [9.17, 15) is 0 Å². The summed E-state index contributed by atoms with van der Waals surface area (Å²) < 4.78 is 43.5. The third-order valence-electron chi connectivity index (χ3n) is 23.4. The number of nitrogens with zero attached hydrogens (tertiary/aromatic N) is 4. The number of aromatic nitrogens is 4. The van der Waals surface area contributed by atoms with Crippen LogP contribution in [0, 0.1) is 6.92 Å². The predicted octanol–water partition coefficient (Wildman–Crippen LogP) is 32.2. The van der Waals surface area contributed by atoms with E-state index in [0.29, 0.717) is 11.1 Å². The molecule has 0 fully saturated rings. The van der Waals surface area contributed by atoms with Crippen molar-refractivity contribution in [1.29, 1.82) is 0 Å². The first kappa shape index (κ1) is 75.3. The van der Waals surface area contributed by atoms with Crippen LogP contribution in [0.1, 0.15) is 169 Å². The van der Waals surface area contributed by atoms with Crippen molar-refractivity contribution < 1.29 is 5.48 Å². The third-order valence-corrected chi connectivity index (χ3v) is 23.4. The summed E-state index contributed by atoms with van der Waals surface area (Å²) in [6.07, 6.45) is 0. The summed E-state index contributed by atoms with van der Waals surface area (Å²) in [5.41, 5.74) is 29.4. The van der Waals surface area contributed by atoms with Crippen molar-refractivity contribution in [3.8, 4) is 56.1 Å². The molecule has 0 bridgehead atoms. The fourth-order valence-corrected chi connectivity index (χ4v) is 18.1. The normalized spacial score (nSPS) is 12.8. The fourth-order valence-electron chi connectivity index (χ4n) is 18.1. The van der Waals surface area contributed by atoms with Crippen molar-refractivity contribution in [1.82, 2.24) is 18.3 Å². The molecule has 0 spiro atoms. The van der Waals surface area contributed by atoms with Gasteiger partial charge in [0.1, 0.15) is 0 Å². The lowest BCUT2D eigenvalue weighted by Crippen LogP contribution is -2.17. The number of benzene rings is 15. The molecule has 4 heterocycles. The first-order chi connectivity index (χ1) is 58.5. The largest absolute Gasteiger partial charge is 0.309 e. The quantitative estimate of drug-likeness (QED) is 0.152. The zero-order chi connectivity index (χ0) is 87.1. The lowest BCUT2D eigenvalue weighted by atomic mass is 9.75. The van der Waals surface area contributed by atoms with Crippen molar-refractivity contribution in [3.05, 3.63) is 385 Å². The Morgan fingerprint density at radius 1 is 0.227 bits per heavy atom. The van der Waals surface area contributed by atoms with Gasteiger partial charge in [-0.15, -0.1) is 0 Å². The van der Waals surface area contributed by atoms with Gasteiger partial charge in [-0.05, 0) is 203 Å². The highest BCUT2D eigenvalue weighted by atomic mass is 15.0. The first-order valence-electron chi connectivity index (χ1n) is 44.3. The maximum absolute atomic E-state index is 8.79. The molecule has 0 N–H and O–H groups in total. The highest BCUT2D eigenvalue weighted by molar-refractivity contribution is 6.16. The van der Waals surface area contributed by atoms with Gasteiger partial charge in [-0.3, -0.25) is 0 Å². The van der Waals surface area contributed by atoms with Gasteiger partial charge >= 0.3 is 0 Å². The van der Waals surface area contributed by atoms with Crippen LogP contribution < -0.4 is 0 Å². The van der Waals surface area contributed by atoms with E-state index in [-0.39, 0.29) is 56.7 Å². The van der Waals surface area contributed by atoms with Crippen molar-refractivity contribution in [2.45, 2.75) is 164 Å². The summed E-state index contributed by atoms with van der Waals surface area (Å²) >= 11 is 0. The minimum atomic E-state index is -0.297. The molecule has 4 aromatic heterocycles. The molecule has 0 aliphatic carbocycles. The highest BCUT2D eigenvalue weighted by Gasteiger charge is 2.32. The Morgan fingerprint density at radius 2 is 0.513 bits per heavy atom. The average Bonchev–Trinajstić information content (AvgIpc) is 1.61. The van der Waals surface area contributed by atoms with E-state index in [0.717, 1.165) is 38.6 Å². The summed E-state index contributed by atoms with van der Waals surface area (Å²) in [5, 5.41) is 10.3. The second-order valence-corrected chi connectivity index (χ2v) is 38.3. The maximum Gasteiger partial charge on any atom is 0.0632 e. The Hall–Kier alpha value is -12.5. The van der Waals surface area contributed by atoms with Crippen LogP contribution in [0.4, 0.5) is 0 Å². The van der Waals surface area contributed by atoms with E-state index >= 15 is 0 Å². The summed E-state index contributed by atoms with van der Waals surface area (Å²) in [7, 11) is 0. The van der Waals surface area contributed by atoms with E-state index in [1.54, 1.807) is 6.92 Å². The number of para-hydroxylation sites is 8. The Morgan fingerprint density at radius 3 is 0.840 bits per heavy atom. The van der Waals surface area contributed by atoms with Gasteiger partial charge in [0.05, 0.1) is 49.6 Å². The molecular formula is C115H114N4. The van der Waals surface area contributed by atoms with Crippen LogP contribution in [0.5, 0.6) is 0 Å². The van der Waals surface area contributed by atoms with Gasteiger partial charge in [-0.1, -0.05) is 379 Å². The van der Waals surface area contributed by atoms with Crippen LogP contribution in [0.3, 0.4) is 0 Å². The van der Waals surface area contributed by atoms with Crippen molar-refractivity contribution in [2.75, 3.05) is 0 Å². The fraction of sp³-hybridized carbons (Fsp3) is 0.217. The van der Waals surface area contributed by atoms with Crippen molar-refractivity contribution in [2.24, 2.45) is 0 Å². The van der Waals surface area contributed by atoms with Crippen LogP contribution >= 0.6 is 0 Å². The van der Waals surface area contributed by atoms with E-state index in [1.165, 1.54) is 133 Å². The summed E-state index contributed by atoms with van der Waals surface area (Å²) in [4.78, 5) is 0. The maximum atomic E-state index is 8.79. The summed E-state index contributed by atoms with van der Waals surface area (Å²) in [5.74, 6) is 0. The predicted molar refractivity (Wildman–Crippen MR) is 516 cm³/mol. The van der Waals surface area contributed by atoms with Crippen LogP contribution in [0.15, 0.2) is 346 Å². The molecule has 4 heteroatoms. The van der Waals surface area contributed by atoms with Crippen LogP contribution in [0.25, 0.3) is 143 Å². The topological polar surface area (TPSA) is 19.7 Å². The molecule has 19 rings (SSSR count). The zero-order valence-corrected chi connectivity index (χ0v) is 72.9. The third kappa shape index (κ3) is 15.4. The number of hydrogen-bond acceptors (Lipinski definition) is 0. The van der Waals surface area contributed by atoms with Crippen LogP contribution in [0.2, 0.25) is 0 Å². The molecule has 0 amide bonds. The molecule has 0 aliphatic rings. The standard InChI is InChI=1S/C36H41N.C29H27N.C28H25N.C22H21N/c1-34(2,3)25-21-24(22-26(23-25)35(4,5)6)28-19-20-31-32(33(28)36(7,8)9)29-17-13-14-18-30(29)37(31)27-15-11-10-12-16-27;1-20-11-10-12-21(19-20)23-17-18-26-27(28(23)29(2,3)4)24-15-8-9-16-25(24)30(26)22-13-6-5-7-14-22;1-28(2,3)27-22(20-12-6-4-7-13-20)18-19-25-26(27)23-16-10-11-17-24(23)29(25)21-14-8-5-9-15-21;1-22(2,3)18-13-9-15-20-21(18)17-12-7-8-14-19(17)23(20)16-10-5-4-6-11-16/h10-23H,1-9H3;5-19H,1-4H3;4-19H,1-3H3;4-15H,1-3H3/i;10D,11D,12D,19D;;.